The first-order chi connectivity index (χ1) is 20.6. The fraction of sp³-hybridized carbons (Fsp3) is 0.351. The standard InChI is InChI=1S/C20H23NO.C17H19NOS/c1-16-7-5-6-10-19(16)20(22)21-13-11-18(12-14-21)15-17-8-3-2-4-9-17;19-17(16-7-4-12-20-16)18-10-8-15(9-11-18)13-14-5-2-1-3-6-14/h2-10,18H,11-15H2,1H3;1-7,12,15H,8-11,13H2. The van der Waals surface area contributed by atoms with Crippen molar-refractivity contribution in [2.24, 2.45) is 11.8 Å². The van der Waals surface area contributed by atoms with E-state index in [0.717, 1.165) is 80.7 Å². The highest BCUT2D eigenvalue weighted by Gasteiger charge is 2.25. The third-order valence-corrected chi connectivity index (χ3v) is 9.50. The minimum Gasteiger partial charge on any atom is -0.339 e. The molecule has 0 saturated carbocycles. The Labute approximate surface area is 255 Å². The second kappa shape index (κ2) is 15.0. The summed E-state index contributed by atoms with van der Waals surface area (Å²) in [5, 5.41) is 1.97. The van der Waals surface area contributed by atoms with Gasteiger partial charge in [0.1, 0.15) is 0 Å². The van der Waals surface area contributed by atoms with Crippen LogP contribution in [0.4, 0.5) is 0 Å². The maximum absolute atomic E-state index is 12.6. The molecule has 2 saturated heterocycles. The van der Waals surface area contributed by atoms with Crippen molar-refractivity contribution in [2.45, 2.75) is 45.4 Å². The highest BCUT2D eigenvalue weighted by Crippen LogP contribution is 2.25. The second-order valence-corrected chi connectivity index (χ2v) is 12.6. The normalized spacial score (nSPS) is 16.0. The number of benzene rings is 3. The van der Waals surface area contributed by atoms with Crippen LogP contribution in [0.15, 0.2) is 102 Å². The summed E-state index contributed by atoms with van der Waals surface area (Å²) >= 11 is 1.54. The van der Waals surface area contributed by atoms with Crippen LogP contribution < -0.4 is 0 Å². The van der Waals surface area contributed by atoms with Gasteiger partial charge in [-0.05, 0) is 91.5 Å². The lowest BCUT2D eigenvalue weighted by molar-refractivity contribution is 0.0684. The largest absolute Gasteiger partial charge is 0.339 e. The fourth-order valence-corrected chi connectivity index (χ4v) is 6.81. The lowest BCUT2D eigenvalue weighted by Crippen LogP contribution is -2.39. The van der Waals surface area contributed by atoms with Crippen LogP contribution in [0, 0.1) is 18.8 Å². The van der Waals surface area contributed by atoms with Gasteiger partial charge in [0.25, 0.3) is 11.8 Å². The summed E-state index contributed by atoms with van der Waals surface area (Å²) in [5.74, 6) is 1.81. The van der Waals surface area contributed by atoms with Crippen molar-refractivity contribution in [1.82, 2.24) is 9.80 Å². The van der Waals surface area contributed by atoms with Gasteiger partial charge in [-0.25, -0.2) is 0 Å². The number of thiophene rings is 1. The van der Waals surface area contributed by atoms with Crippen molar-refractivity contribution in [2.75, 3.05) is 26.2 Å². The van der Waals surface area contributed by atoms with Crippen LogP contribution in [0.1, 0.15) is 62.4 Å². The lowest BCUT2D eigenvalue weighted by atomic mass is 9.90. The molecular formula is C37H42N2O2S. The molecule has 5 heteroatoms. The number of nitrogens with zero attached hydrogens (tertiary/aromatic N) is 2. The lowest BCUT2D eigenvalue weighted by Gasteiger charge is -2.32. The minimum atomic E-state index is 0.191. The number of rotatable bonds is 6. The summed E-state index contributed by atoms with van der Waals surface area (Å²) in [5.41, 5.74) is 4.74. The van der Waals surface area contributed by atoms with Gasteiger partial charge >= 0.3 is 0 Å². The predicted octanol–water partition coefficient (Wildman–Crippen LogP) is 7.93. The molecule has 3 heterocycles. The number of likely N-dealkylation sites (tertiary alicyclic amines) is 2. The first-order valence-corrected chi connectivity index (χ1v) is 16.2. The van der Waals surface area contributed by atoms with E-state index >= 15 is 0 Å². The summed E-state index contributed by atoms with van der Waals surface area (Å²) in [6, 6.07) is 33.1. The van der Waals surface area contributed by atoms with Gasteiger partial charge in [0.2, 0.25) is 0 Å². The maximum atomic E-state index is 12.6. The molecule has 0 atom stereocenters. The number of hydrogen-bond donors (Lipinski definition) is 0. The summed E-state index contributed by atoms with van der Waals surface area (Å²) in [4.78, 5) is 29.8. The van der Waals surface area contributed by atoms with Gasteiger partial charge in [-0.15, -0.1) is 11.3 Å². The Morgan fingerprint density at radius 2 is 1.10 bits per heavy atom. The van der Waals surface area contributed by atoms with E-state index in [1.54, 1.807) is 0 Å². The second-order valence-electron chi connectivity index (χ2n) is 11.6. The molecule has 1 aromatic heterocycles. The van der Waals surface area contributed by atoms with Gasteiger partial charge in [-0.2, -0.15) is 0 Å². The third-order valence-electron chi connectivity index (χ3n) is 8.65. The maximum Gasteiger partial charge on any atom is 0.263 e. The van der Waals surface area contributed by atoms with E-state index in [2.05, 4.69) is 60.7 Å². The molecule has 2 amide bonds. The average molecular weight is 579 g/mol. The predicted molar refractivity (Wildman–Crippen MR) is 173 cm³/mol. The van der Waals surface area contributed by atoms with Crippen molar-refractivity contribution < 1.29 is 9.59 Å². The molecule has 2 fully saturated rings. The van der Waals surface area contributed by atoms with E-state index in [4.69, 9.17) is 0 Å². The van der Waals surface area contributed by atoms with Gasteiger partial charge < -0.3 is 9.80 Å². The average Bonchev–Trinajstić information content (AvgIpc) is 3.58. The fourth-order valence-electron chi connectivity index (χ4n) is 6.11. The van der Waals surface area contributed by atoms with Crippen LogP contribution in [0.25, 0.3) is 0 Å². The highest BCUT2D eigenvalue weighted by atomic mass is 32.1. The number of carbonyl (C=O) groups excluding carboxylic acids is 2. The molecule has 0 spiro atoms. The zero-order chi connectivity index (χ0) is 29.1. The molecule has 4 aromatic rings. The Morgan fingerprint density at radius 3 is 1.57 bits per heavy atom. The molecule has 2 aliphatic heterocycles. The number of piperidine rings is 2. The first kappa shape index (κ1) is 29.8. The van der Waals surface area contributed by atoms with Gasteiger partial charge in [0.15, 0.2) is 0 Å². The first-order valence-electron chi connectivity index (χ1n) is 15.3. The Bertz CT molecular complexity index is 1390. The van der Waals surface area contributed by atoms with Crippen LogP contribution in [0.3, 0.4) is 0 Å². The molecule has 218 valence electrons. The molecule has 0 radical (unpaired) electrons. The van der Waals surface area contributed by atoms with Crippen molar-refractivity contribution >= 4 is 23.2 Å². The van der Waals surface area contributed by atoms with E-state index in [9.17, 15) is 9.59 Å². The smallest absolute Gasteiger partial charge is 0.263 e. The number of amides is 2. The van der Waals surface area contributed by atoms with Crippen molar-refractivity contribution in [3.8, 4) is 0 Å². The van der Waals surface area contributed by atoms with Gasteiger partial charge in [-0.3, -0.25) is 9.59 Å². The van der Waals surface area contributed by atoms with Gasteiger partial charge in [0.05, 0.1) is 4.88 Å². The molecule has 0 bridgehead atoms. The van der Waals surface area contributed by atoms with Crippen LogP contribution in [0.2, 0.25) is 0 Å². The van der Waals surface area contributed by atoms with E-state index in [1.165, 1.54) is 22.5 Å². The Morgan fingerprint density at radius 1 is 0.619 bits per heavy atom. The molecule has 3 aromatic carbocycles. The van der Waals surface area contributed by atoms with E-state index in [-0.39, 0.29) is 11.8 Å². The molecular weight excluding hydrogens is 536 g/mol. The molecule has 0 N–H and O–H groups in total. The summed E-state index contributed by atoms with van der Waals surface area (Å²) in [7, 11) is 0. The minimum absolute atomic E-state index is 0.191. The van der Waals surface area contributed by atoms with Gasteiger partial charge in [-0.1, -0.05) is 84.9 Å². The summed E-state index contributed by atoms with van der Waals surface area (Å²) in [6.45, 7) is 5.56. The van der Waals surface area contributed by atoms with E-state index in [1.807, 2.05) is 58.5 Å². The van der Waals surface area contributed by atoms with Crippen LogP contribution in [0.5, 0.6) is 0 Å². The summed E-state index contributed by atoms with van der Waals surface area (Å²) < 4.78 is 0. The van der Waals surface area contributed by atoms with Crippen LogP contribution >= 0.6 is 11.3 Å². The van der Waals surface area contributed by atoms with Crippen molar-refractivity contribution in [3.05, 3.63) is 130 Å². The zero-order valence-electron chi connectivity index (χ0n) is 24.7. The topological polar surface area (TPSA) is 40.6 Å². The molecule has 0 unspecified atom stereocenters. The SMILES string of the molecule is Cc1ccccc1C(=O)N1CCC(Cc2ccccc2)CC1.O=C(c1cccs1)N1CCC(Cc2ccccc2)CC1. The molecule has 6 rings (SSSR count). The monoisotopic (exact) mass is 578 g/mol. The van der Waals surface area contributed by atoms with Gasteiger partial charge in [0, 0.05) is 31.7 Å². The zero-order valence-corrected chi connectivity index (χ0v) is 25.5. The molecule has 0 aliphatic carbocycles. The third kappa shape index (κ3) is 8.19. The van der Waals surface area contributed by atoms with Crippen molar-refractivity contribution in [1.29, 1.82) is 0 Å². The Balaban J connectivity index is 0.000000169. The number of carbonyl (C=O) groups is 2. The van der Waals surface area contributed by atoms with Crippen LogP contribution in [-0.2, 0) is 12.8 Å². The Kier molecular flexibility index (Phi) is 10.6. The van der Waals surface area contributed by atoms with E-state index in [0.29, 0.717) is 11.8 Å². The number of hydrogen-bond acceptors (Lipinski definition) is 3. The van der Waals surface area contributed by atoms with Crippen LogP contribution in [-0.4, -0.2) is 47.8 Å². The summed E-state index contributed by atoms with van der Waals surface area (Å²) in [6.07, 6.45) is 6.71. The van der Waals surface area contributed by atoms with Crippen molar-refractivity contribution in [3.63, 3.8) is 0 Å². The quantitative estimate of drug-likeness (QED) is 0.233. The number of aryl methyl sites for hydroxylation is 1. The molecule has 2 aliphatic rings. The molecule has 4 nitrogen and oxygen atoms in total. The Hall–Kier alpha value is -3.70. The molecule has 42 heavy (non-hydrogen) atoms. The highest BCUT2D eigenvalue weighted by molar-refractivity contribution is 7.12. The van der Waals surface area contributed by atoms with E-state index < -0.39 is 0 Å².